The van der Waals surface area contributed by atoms with E-state index >= 15 is 0 Å². The predicted octanol–water partition coefficient (Wildman–Crippen LogP) is 6.82. The summed E-state index contributed by atoms with van der Waals surface area (Å²) in [5.41, 5.74) is 0.858. The van der Waals surface area contributed by atoms with Crippen molar-refractivity contribution in [3.05, 3.63) is 41.5 Å². The van der Waals surface area contributed by atoms with E-state index < -0.39 is 29.7 Å². The second kappa shape index (κ2) is 11.1. The molecule has 7 nitrogen and oxygen atoms in total. The summed E-state index contributed by atoms with van der Waals surface area (Å²) in [5.74, 6) is 0.0351. The van der Waals surface area contributed by atoms with Crippen molar-refractivity contribution in [2.45, 2.75) is 118 Å². The second-order valence-electron chi connectivity index (χ2n) is 17.5. The minimum absolute atomic E-state index is 0.0120. The Balaban J connectivity index is 1.26. The van der Waals surface area contributed by atoms with E-state index in [1.807, 2.05) is 6.92 Å². The highest BCUT2D eigenvalue weighted by Gasteiger charge is 2.70. The van der Waals surface area contributed by atoms with Crippen LogP contribution in [0.3, 0.4) is 0 Å². The number of esters is 1. The standard InChI is InChI=1S/C39H56O7/c1-34(2)16-18-39(22-34)19-17-37(5)25(32(39)44)10-12-30-35(3)21-27(42)33(36(4,23-40)29(35)14-15-38(30,37)6)46-31(43)13-9-24-8-11-26(41)28(20-24)45-7/h8-11,13,20,27,29-30,32-33,40-42,44H,12,14-19,21-23H2,1-7H3. The number of benzene rings is 1. The summed E-state index contributed by atoms with van der Waals surface area (Å²) in [6.45, 7) is 13.6. The van der Waals surface area contributed by atoms with Crippen LogP contribution < -0.4 is 4.74 Å². The van der Waals surface area contributed by atoms with Crippen LogP contribution in [0.5, 0.6) is 11.5 Å². The number of phenolic OH excluding ortho intramolecular Hbond substituents is 1. The van der Waals surface area contributed by atoms with E-state index in [4.69, 9.17) is 9.47 Å². The molecule has 0 aromatic heterocycles. The monoisotopic (exact) mass is 636 g/mol. The number of carbonyl (C=O) groups is 1. The number of aromatic hydroxyl groups is 1. The molecule has 4 fully saturated rings. The van der Waals surface area contributed by atoms with Gasteiger partial charge in [0, 0.05) is 16.9 Å². The molecule has 10 unspecified atom stereocenters. The maximum Gasteiger partial charge on any atom is 0.331 e. The quantitative estimate of drug-likeness (QED) is 0.159. The zero-order valence-corrected chi connectivity index (χ0v) is 28.9. The van der Waals surface area contributed by atoms with Crippen molar-refractivity contribution in [1.29, 1.82) is 0 Å². The minimum atomic E-state index is -0.925. The molecule has 254 valence electrons. The van der Waals surface area contributed by atoms with Crippen LogP contribution in [0, 0.1) is 44.3 Å². The van der Waals surface area contributed by atoms with E-state index in [2.05, 4.69) is 40.7 Å². The first kappa shape index (κ1) is 33.5. The van der Waals surface area contributed by atoms with E-state index in [-0.39, 0.29) is 51.3 Å². The normalized spacial score (nSPS) is 44.7. The number of hydrogen-bond acceptors (Lipinski definition) is 7. The zero-order valence-electron chi connectivity index (χ0n) is 28.9. The van der Waals surface area contributed by atoms with Gasteiger partial charge in [0.15, 0.2) is 11.5 Å². The number of ether oxygens (including phenoxy) is 2. The average Bonchev–Trinajstić information content (AvgIpc) is 3.32. The molecule has 0 heterocycles. The van der Waals surface area contributed by atoms with Gasteiger partial charge in [0.2, 0.25) is 0 Å². The third kappa shape index (κ3) is 4.81. The maximum absolute atomic E-state index is 13.1. The molecule has 0 aliphatic heterocycles. The van der Waals surface area contributed by atoms with Gasteiger partial charge in [-0.05, 0) is 121 Å². The highest BCUT2D eigenvalue weighted by Crippen LogP contribution is 2.75. The van der Waals surface area contributed by atoms with Crippen LogP contribution in [0.2, 0.25) is 0 Å². The van der Waals surface area contributed by atoms with E-state index in [1.165, 1.54) is 31.2 Å². The molecular weight excluding hydrogens is 580 g/mol. The lowest BCUT2D eigenvalue weighted by Gasteiger charge is -2.71. The SMILES string of the molecule is COc1cc(C=CC(=O)OC2C(O)CC3(C)C(CCC4(C)C3CC=C3C(O)C5(CCC(C)(C)C5)CCC34C)C2(C)CO)ccc1O. The highest BCUT2D eigenvalue weighted by atomic mass is 16.6. The molecule has 0 amide bonds. The summed E-state index contributed by atoms with van der Waals surface area (Å²) >= 11 is 0. The van der Waals surface area contributed by atoms with Gasteiger partial charge in [-0.2, -0.15) is 0 Å². The molecule has 1 aromatic carbocycles. The summed E-state index contributed by atoms with van der Waals surface area (Å²) in [7, 11) is 1.46. The second-order valence-corrected chi connectivity index (χ2v) is 17.5. The molecule has 5 aliphatic rings. The van der Waals surface area contributed by atoms with Crippen molar-refractivity contribution >= 4 is 12.0 Å². The van der Waals surface area contributed by atoms with Crippen LogP contribution in [0.1, 0.15) is 105 Å². The van der Waals surface area contributed by atoms with Gasteiger partial charge in [-0.25, -0.2) is 4.79 Å². The van der Waals surface area contributed by atoms with E-state index in [0.29, 0.717) is 17.7 Å². The van der Waals surface area contributed by atoms with Crippen LogP contribution in [-0.2, 0) is 9.53 Å². The maximum atomic E-state index is 13.1. The molecule has 46 heavy (non-hydrogen) atoms. The number of methoxy groups -OCH3 is 1. The number of carbonyl (C=O) groups excluding carboxylic acids is 1. The summed E-state index contributed by atoms with van der Waals surface area (Å²) in [5, 5.41) is 44.7. The van der Waals surface area contributed by atoms with Crippen molar-refractivity contribution in [3.63, 3.8) is 0 Å². The van der Waals surface area contributed by atoms with Gasteiger partial charge in [-0.1, -0.05) is 53.7 Å². The number of rotatable bonds is 5. The Hall–Kier alpha value is -2.35. The van der Waals surface area contributed by atoms with E-state index in [0.717, 1.165) is 44.9 Å². The predicted molar refractivity (Wildman–Crippen MR) is 178 cm³/mol. The number of aliphatic hydroxyl groups excluding tert-OH is 3. The van der Waals surface area contributed by atoms with Gasteiger partial charge in [-0.15, -0.1) is 0 Å². The Labute approximate surface area is 275 Å². The van der Waals surface area contributed by atoms with E-state index in [1.54, 1.807) is 18.2 Å². The van der Waals surface area contributed by atoms with Crippen LogP contribution in [0.15, 0.2) is 35.9 Å². The van der Waals surface area contributed by atoms with Crippen molar-refractivity contribution in [2.75, 3.05) is 13.7 Å². The summed E-state index contributed by atoms with van der Waals surface area (Å²) in [6, 6.07) is 4.80. The molecule has 1 spiro atoms. The largest absolute Gasteiger partial charge is 0.504 e. The lowest BCUT2D eigenvalue weighted by Crippen LogP contribution is -2.68. The van der Waals surface area contributed by atoms with Gasteiger partial charge in [0.25, 0.3) is 0 Å². The number of fused-ring (bicyclic) bond motifs is 5. The number of hydrogen-bond donors (Lipinski definition) is 4. The van der Waals surface area contributed by atoms with Gasteiger partial charge >= 0.3 is 5.97 Å². The molecule has 0 saturated heterocycles. The zero-order chi connectivity index (χ0) is 33.5. The Morgan fingerprint density at radius 1 is 1.00 bits per heavy atom. The topological polar surface area (TPSA) is 116 Å². The Kier molecular flexibility index (Phi) is 8.09. The third-order valence-corrected chi connectivity index (χ3v) is 14.6. The molecule has 7 heteroatoms. The highest BCUT2D eigenvalue weighted by molar-refractivity contribution is 5.87. The molecule has 0 radical (unpaired) electrons. The molecule has 1 aromatic rings. The first-order chi connectivity index (χ1) is 21.5. The fourth-order valence-electron chi connectivity index (χ4n) is 12.0. The van der Waals surface area contributed by atoms with Gasteiger partial charge in [-0.3, -0.25) is 0 Å². The number of aliphatic hydroxyl groups is 3. The van der Waals surface area contributed by atoms with Crippen LogP contribution >= 0.6 is 0 Å². The van der Waals surface area contributed by atoms with Gasteiger partial charge in [0.1, 0.15) is 6.10 Å². The molecular formula is C39H56O7. The van der Waals surface area contributed by atoms with Crippen molar-refractivity contribution in [2.24, 2.45) is 44.3 Å². The lowest BCUT2D eigenvalue weighted by molar-refractivity contribution is -0.249. The van der Waals surface area contributed by atoms with Gasteiger partial charge < -0.3 is 29.9 Å². The van der Waals surface area contributed by atoms with Gasteiger partial charge in [0.05, 0.1) is 25.9 Å². The Bertz CT molecular complexity index is 1430. The molecule has 5 aliphatic carbocycles. The average molecular weight is 637 g/mol. The smallest absolute Gasteiger partial charge is 0.331 e. The van der Waals surface area contributed by atoms with Crippen molar-refractivity contribution < 1.29 is 34.7 Å². The molecule has 4 N–H and O–H groups in total. The molecule has 6 rings (SSSR count). The lowest BCUT2D eigenvalue weighted by atomic mass is 9.34. The molecule has 4 saturated carbocycles. The van der Waals surface area contributed by atoms with Crippen molar-refractivity contribution in [3.8, 4) is 11.5 Å². The fourth-order valence-corrected chi connectivity index (χ4v) is 12.0. The first-order valence-corrected chi connectivity index (χ1v) is 17.4. The van der Waals surface area contributed by atoms with Crippen LogP contribution in [0.25, 0.3) is 6.08 Å². The Morgan fingerprint density at radius 3 is 2.37 bits per heavy atom. The Morgan fingerprint density at radius 2 is 1.72 bits per heavy atom. The summed E-state index contributed by atoms with van der Waals surface area (Å²) in [6.07, 6.45) is 11.7. The third-order valence-electron chi connectivity index (χ3n) is 14.6. The number of phenols is 1. The molecule has 0 bridgehead atoms. The fraction of sp³-hybridized carbons (Fsp3) is 0.718. The minimum Gasteiger partial charge on any atom is -0.504 e. The van der Waals surface area contributed by atoms with Crippen molar-refractivity contribution in [1.82, 2.24) is 0 Å². The van der Waals surface area contributed by atoms with Crippen LogP contribution in [0.4, 0.5) is 0 Å². The first-order valence-electron chi connectivity index (χ1n) is 17.4. The van der Waals surface area contributed by atoms with Crippen LogP contribution in [-0.4, -0.2) is 58.4 Å². The summed E-state index contributed by atoms with van der Waals surface area (Å²) < 4.78 is 11.2. The van der Waals surface area contributed by atoms with E-state index in [9.17, 15) is 25.2 Å². The summed E-state index contributed by atoms with van der Waals surface area (Å²) in [4.78, 5) is 13.1. The number of allylic oxidation sites excluding steroid dienone is 1. The molecule has 10 atom stereocenters.